The largest absolute Gasteiger partial charge is 0.356 e. The van der Waals surface area contributed by atoms with Crippen LogP contribution in [0.5, 0.6) is 0 Å². The average molecular weight is 240 g/mol. The molecule has 1 fully saturated rings. The molecule has 2 unspecified atom stereocenters. The highest BCUT2D eigenvalue weighted by molar-refractivity contribution is 5.76. The molecule has 0 spiro atoms. The Balaban J connectivity index is 2.03. The lowest BCUT2D eigenvalue weighted by Gasteiger charge is -2.22. The second-order valence-corrected chi connectivity index (χ2v) is 5.45. The highest BCUT2D eigenvalue weighted by Crippen LogP contribution is 2.13. The lowest BCUT2D eigenvalue weighted by Crippen LogP contribution is -2.33. The van der Waals surface area contributed by atoms with Crippen LogP contribution in [0.25, 0.3) is 0 Å². The second kappa shape index (κ2) is 8.51. The fourth-order valence-corrected chi connectivity index (χ4v) is 2.57. The van der Waals surface area contributed by atoms with E-state index in [4.69, 9.17) is 0 Å². The standard InChI is InChI=1S/C14H28N2O/c1-3-5-12(2)10-14(17)16-9-7-13-6-4-8-15-11-13/h12-13,15H,3-11H2,1-2H3,(H,16,17). The number of amides is 1. The zero-order valence-electron chi connectivity index (χ0n) is 11.4. The summed E-state index contributed by atoms with van der Waals surface area (Å²) < 4.78 is 0. The summed E-state index contributed by atoms with van der Waals surface area (Å²) in [5, 5.41) is 6.46. The van der Waals surface area contributed by atoms with Crippen LogP contribution in [0.2, 0.25) is 0 Å². The summed E-state index contributed by atoms with van der Waals surface area (Å²) in [6, 6.07) is 0. The van der Waals surface area contributed by atoms with Crippen LogP contribution >= 0.6 is 0 Å². The zero-order valence-corrected chi connectivity index (χ0v) is 11.4. The van der Waals surface area contributed by atoms with Gasteiger partial charge in [0.25, 0.3) is 0 Å². The molecule has 0 saturated carbocycles. The fraction of sp³-hybridized carbons (Fsp3) is 0.929. The number of nitrogens with one attached hydrogen (secondary N) is 2. The average Bonchev–Trinajstić information content (AvgIpc) is 2.30. The maximum atomic E-state index is 11.6. The topological polar surface area (TPSA) is 41.1 Å². The molecule has 0 aromatic carbocycles. The van der Waals surface area contributed by atoms with E-state index in [2.05, 4.69) is 24.5 Å². The first-order chi connectivity index (χ1) is 8.22. The van der Waals surface area contributed by atoms with Gasteiger partial charge in [-0.1, -0.05) is 26.7 Å². The predicted molar refractivity (Wildman–Crippen MR) is 71.9 cm³/mol. The van der Waals surface area contributed by atoms with E-state index >= 15 is 0 Å². The van der Waals surface area contributed by atoms with E-state index in [0.29, 0.717) is 12.3 Å². The van der Waals surface area contributed by atoms with E-state index in [0.717, 1.165) is 38.4 Å². The molecule has 1 amide bonds. The third-order valence-corrected chi connectivity index (χ3v) is 3.59. The van der Waals surface area contributed by atoms with Crippen LogP contribution in [0.1, 0.15) is 52.4 Å². The molecule has 1 heterocycles. The Bertz CT molecular complexity index is 212. The molecule has 3 nitrogen and oxygen atoms in total. The van der Waals surface area contributed by atoms with Crippen molar-refractivity contribution >= 4 is 5.91 Å². The summed E-state index contributed by atoms with van der Waals surface area (Å²) >= 11 is 0. The summed E-state index contributed by atoms with van der Waals surface area (Å²) in [6.07, 6.45) is 6.74. The highest BCUT2D eigenvalue weighted by Gasteiger charge is 2.13. The van der Waals surface area contributed by atoms with Gasteiger partial charge in [0, 0.05) is 13.0 Å². The van der Waals surface area contributed by atoms with Crippen LogP contribution in [0.4, 0.5) is 0 Å². The van der Waals surface area contributed by atoms with Crippen molar-refractivity contribution in [3.05, 3.63) is 0 Å². The number of hydrogen-bond acceptors (Lipinski definition) is 2. The zero-order chi connectivity index (χ0) is 12.5. The summed E-state index contributed by atoms with van der Waals surface area (Å²) in [7, 11) is 0. The van der Waals surface area contributed by atoms with Gasteiger partial charge in [0.05, 0.1) is 0 Å². The Morgan fingerprint density at radius 2 is 2.35 bits per heavy atom. The van der Waals surface area contributed by atoms with Gasteiger partial charge in [-0.2, -0.15) is 0 Å². The molecule has 1 aliphatic heterocycles. The number of carbonyl (C=O) groups is 1. The van der Waals surface area contributed by atoms with E-state index in [-0.39, 0.29) is 5.91 Å². The molecule has 2 atom stereocenters. The molecule has 100 valence electrons. The molecule has 17 heavy (non-hydrogen) atoms. The highest BCUT2D eigenvalue weighted by atomic mass is 16.1. The van der Waals surface area contributed by atoms with Gasteiger partial charge < -0.3 is 10.6 Å². The number of carbonyl (C=O) groups excluding carboxylic acids is 1. The lowest BCUT2D eigenvalue weighted by atomic mass is 9.96. The van der Waals surface area contributed by atoms with E-state index in [9.17, 15) is 4.79 Å². The molecule has 1 rings (SSSR count). The third-order valence-electron chi connectivity index (χ3n) is 3.59. The minimum atomic E-state index is 0.231. The first-order valence-corrected chi connectivity index (χ1v) is 7.19. The van der Waals surface area contributed by atoms with Crippen molar-refractivity contribution in [1.82, 2.24) is 10.6 Å². The maximum Gasteiger partial charge on any atom is 0.220 e. The molecule has 2 N–H and O–H groups in total. The van der Waals surface area contributed by atoms with Gasteiger partial charge in [0.2, 0.25) is 5.91 Å². The van der Waals surface area contributed by atoms with Crippen LogP contribution in [-0.2, 0) is 4.79 Å². The van der Waals surface area contributed by atoms with Crippen LogP contribution in [0.3, 0.4) is 0 Å². The summed E-state index contributed by atoms with van der Waals surface area (Å²) in [5.41, 5.74) is 0. The normalized spacial score (nSPS) is 22.1. The van der Waals surface area contributed by atoms with Crippen molar-refractivity contribution in [1.29, 1.82) is 0 Å². The quantitative estimate of drug-likeness (QED) is 0.717. The Kier molecular flexibility index (Phi) is 7.25. The van der Waals surface area contributed by atoms with Gasteiger partial charge in [0.15, 0.2) is 0 Å². The van der Waals surface area contributed by atoms with Gasteiger partial charge in [-0.25, -0.2) is 0 Å². The Hall–Kier alpha value is -0.570. The van der Waals surface area contributed by atoms with Gasteiger partial charge in [-0.05, 0) is 44.2 Å². The molecule has 0 aromatic rings. The van der Waals surface area contributed by atoms with Crippen molar-refractivity contribution in [2.24, 2.45) is 11.8 Å². The van der Waals surface area contributed by atoms with Crippen LogP contribution in [0, 0.1) is 11.8 Å². The first kappa shape index (κ1) is 14.5. The van der Waals surface area contributed by atoms with E-state index in [1.54, 1.807) is 0 Å². The smallest absolute Gasteiger partial charge is 0.220 e. The first-order valence-electron chi connectivity index (χ1n) is 7.19. The van der Waals surface area contributed by atoms with E-state index in [1.165, 1.54) is 19.3 Å². The summed E-state index contributed by atoms with van der Waals surface area (Å²) in [4.78, 5) is 11.6. The van der Waals surface area contributed by atoms with Crippen molar-refractivity contribution in [3.8, 4) is 0 Å². The van der Waals surface area contributed by atoms with Crippen molar-refractivity contribution < 1.29 is 4.79 Å². The molecular formula is C14H28N2O. The molecule has 0 radical (unpaired) electrons. The van der Waals surface area contributed by atoms with Gasteiger partial charge in [0.1, 0.15) is 0 Å². The monoisotopic (exact) mass is 240 g/mol. The molecule has 0 aliphatic carbocycles. The van der Waals surface area contributed by atoms with E-state index < -0.39 is 0 Å². The summed E-state index contributed by atoms with van der Waals surface area (Å²) in [6.45, 7) is 7.47. The molecule has 0 bridgehead atoms. The van der Waals surface area contributed by atoms with Crippen LogP contribution < -0.4 is 10.6 Å². The van der Waals surface area contributed by atoms with Crippen LogP contribution in [0.15, 0.2) is 0 Å². The van der Waals surface area contributed by atoms with Crippen LogP contribution in [-0.4, -0.2) is 25.5 Å². The minimum absolute atomic E-state index is 0.231. The Morgan fingerprint density at radius 1 is 1.53 bits per heavy atom. The second-order valence-electron chi connectivity index (χ2n) is 5.45. The van der Waals surface area contributed by atoms with Crippen molar-refractivity contribution in [2.45, 2.75) is 52.4 Å². The number of rotatable bonds is 7. The number of hydrogen-bond donors (Lipinski definition) is 2. The van der Waals surface area contributed by atoms with E-state index in [1.807, 2.05) is 0 Å². The minimum Gasteiger partial charge on any atom is -0.356 e. The van der Waals surface area contributed by atoms with Gasteiger partial charge >= 0.3 is 0 Å². The summed E-state index contributed by atoms with van der Waals surface area (Å²) in [5.74, 6) is 1.52. The number of piperidine rings is 1. The third kappa shape index (κ3) is 6.67. The van der Waals surface area contributed by atoms with Crippen molar-refractivity contribution in [2.75, 3.05) is 19.6 Å². The SMILES string of the molecule is CCCC(C)CC(=O)NCCC1CCCNC1. The predicted octanol–water partition coefficient (Wildman–Crippen LogP) is 2.32. The molecule has 1 aliphatic rings. The Morgan fingerprint density at radius 3 is 3.00 bits per heavy atom. The maximum absolute atomic E-state index is 11.6. The van der Waals surface area contributed by atoms with Gasteiger partial charge in [-0.3, -0.25) is 4.79 Å². The molecule has 3 heteroatoms. The molecule has 1 saturated heterocycles. The van der Waals surface area contributed by atoms with Gasteiger partial charge in [-0.15, -0.1) is 0 Å². The Labute approximate surface area is 106 Å². The molecule has 0 aromatic heterocycles. The lowest BCUT2D eigenvalue weighted by molar-refractivity contribution is -0.121. The fourth-order valence-electron chi connectivity index (χ4n) is 2.57. The molecular weight excluding hydrogens is 212 g/mol. The van der Waals surface area contributed by atoms with Crippen molar-refractivity contribution in [3.63, 3.8) is 0 Å².